The Morgan fingerprint density at radius 1 is 1.00 bits per heavy atom. The van der Waals surface area contributed by atoms with Gasteiger partial charge >= 0.3 is 0 Å². The molecule has 2 rings (SSSR count). The van der Waals surface area contributed by atoms with Crippen LogP contribution < -0.4 is 14.2 Å². The number of benzene rings is 2. The van der Waals surface area contributed by atoms with Gasteiger partial charge in [0.2, 0.25) is 0 Å². The van der Waals surface area contributed by atoms with Crippen LogP contribution in [0.15, 0.2) is 42.5 Å². The average molecular weight is 342 g/mol. The number of hydrogen-bond donors (Lipinski definition) is 0. The lowest BCUT2D eigenvalue weighted by Gasteiger charge is -2.12. The first-order valence-electron chi connectivity index (χ1n) is 7.74. The summed E-state index contributed by atoms with van der Waals surface area (Å²) in [6.45, 7) is 2.13. The minimum absolute atomic E-state index is 0.620. The van der Waals surface area contributed by atoms with Crippen LogP contribution in [-0.2, 0) is 6.42 Å². The Kier molecular flexibility index (Phi) is 6.38. The van der Waals surface area contributed by atoms with E-state index in [1.165, 1.54) is 5.56 Å². The van der Waals surface area contributed by atoms with Crippen molar-refractivity contribution in [3.8, 4) is 17.2 Å². The second-order valence-electron chi connectivity index (χ2n) is 5.20. The van der Waals surface area contributed by atoms with Crippen LogP contribution in [0, 0.1) is 0 Å². The molecule has 24 heavy (non-hydrogen) atoms. The van der Waals surface area contributed by atoms with Crippen molar-refractivity contribution in [3.63, 3.8) is 0 Å². The number of rotatable bonds is 7. The van der Waals surface area contributed by atoms with Crippen LogP contribution in [0.4, 0.5) is 0 Å². The summed E-state index contributed by atoms with van der Waals surface area (Å²) in [5.41, 5.74) is 3.17. The van der Waals surface area contributed by atoms with E-state index in [2.05, 4.69) is 31.2 Å². The Labute approximate surface area is 148 Å². The smallest absolute Gasteiger partial charge is 0.168 e. The molecule has 0 saturated carbocycles. The molecule has 0 atom stereocenters. The zero-order chi connectivity index (χ0) is 17.5. The van der Waals surface area contributed by atoms with Gasteiger partial charge in [-0.15, -0.1) is 0 Å². The molecule has 0 aliphatic heterocycles. The van der Waals surface area contributed by atoms with Crippen molar-refractivity contribution in [2.24, 2.45) is 0 Å². The van der Waals surface area contributed by atoms with Gasteiger partial charge in [-0.1, -0.05) is 43.4 Å². The highest BCUT2D eigenvalue weighted by Gasteiger charge is 2.11. The van der Waals surface area contributed by atoms with Crippen molar-refractivity contribution in [1.82, 2.24) is 0 Å². The fraction of sp³-hybridized carbons (Fsp3) is 0.250. The van der Waals surface area contributed by atoms with Crippen LogP contribution in [-0.4, -0.2) is 26.2 Å². The molecule has 0 spiro atoms. The van der Waals surface area contributed by atoms with E-state index in [4.69, 9.17) is 26.4 Å². The Balaban J connectivity index is 2.31. The van der Waals surface area contributed by atoms with Crippen LogP contribution in [0.3, 0.4) is 0 Å². The van der Waals surface area contributed by atoms with E-state index in [1.807, 2.05) is 18.2 Å². The maximum Gasteiger partial charge on any atom is 0.168 e. The number of thiocarbonyl (C=S) groups is 1. The third-order valence-electron chi connectivity index (χ3n) is 3.78. The van der Waals surface area contributed by atoms with Gasteiger partial charge in [0, 0.05) is 16.5 Å². The number of methoxy groups -OCH3 is 3. The summed E-state index contributed by atoms with van der Waals surface area (Å²) in [7, 11) is 4.84. The second kappa shape index (κ2) is 8.50. The standard InChI is InChI=1S/C20H22O3S/c1-5-14-6-8-15(9-7-14)19(24)11-10-16-12-17(21-2)13-18(22-3)20(16)23-4/h6-13H,5H2,1-4H3. The quantitative estimate of drug-likeness (QED) is 0.414. The van der Waals surface area contributed by atoms with Crippen LogP contribution in [0.1, 0.15) is 23.6 Å². The summed E-state index contributed by atoms with van der Waals surface area (Å²) < 4.78 is 16.1. The fourth-order valence-corrected chi connectivity index (χ4v) is 2.58. The molecule has 2 aromatic rings. The number of aryl methyl sites for hydroxylation is 1. The molecule has 0 unspecified atom stereocenters. The maximum atomic E-state index is 5.51. The molecule has 126 valence electrons. The van der Waals surface area contributed by atoms with Crippen molar-refractivity contribution >= 4 is 23.2 Å². The van der Waals surface area contributed by atoms with Gasteiger partial charge in [0.05, 0.1) is 21.3 Å². The van der Waals surface area contributed by atoms with Gasteiger partial charge in [-0.05, 0) is 35.8 Å². The monoisotopic (exact) mass is 342 g/mol. The summed E-state index contributed by atoms with van der Waals surface area (Å²) >= 11 is 5.51. The van der Waals surface area contributed by atoms with Crippen LogP contribution in [0.2, 0.25) is 0 Å². The maximum absolute atomic E-state index is 5.51. The normalized spacial score (nSPS) is 10.7. The Morgan fingerprint density at radius 2 is 1.71 bits per heavy atom. The first kappa shape index (κ1) is 18.0. The number of hydrogen-bond acceptors (Lipinski definition) is 4. The Hall–Kier alpha value is -2.33. The summed E-state index contributed by atoms with van der Waals surface area (Å²) in [6.07, 6.45) is 4.83. The van der Waals surface area contributed by atoms with Crippen LogP contribution >= 0.6 is 12.2 Å². The lowest BCUT2D eigenvalue weighted by Crippen LogP contribution is -1.96. The lowest BCUT2D eigenvalue weighted by molar-refractivity contribution is 0.348. The molecule has 2 aromatic carbocycles. The summed E-state index contributed by atoms with van der Waals surface area (Å²) in [5.74, 6) is 1.97. The van der Waals surface area contributed by atoms with Crippen molar-refractivity contribution in [2.45, 2.75) is 13.3 Å². The minimum Gasteiger partial charge on any atom is -0.497 e. The average Bonchev–Trinajstić information content (AvgIpc) is 2.65. The van der Waals surface area contributed by atoms with E-state index in [1.54, 1.807) is 27.4 Å². The summed E-state index contributed by atoms with van der Waals surface area (Å²) in [5, 5.41) is 0. The highest BCUT2D eigenvalue weighted by molar-refractivity contribution is 7.81. The summed E-state index contributed by atoms with van der Waals surface area (Å²) in [4.78, 5) is 0.765. The van der Waals surface area contributed by atoms with Gasteiger partial charge in [-0.25, -0.2) is 0 Å². The molecule has 0 aromatic heterocycles. The molecular weight excluding hydrogens is 320 g/mol. The highest BCUT2D eigenvalue weighted by Crippen LogP contribution is 2.36. The van der Waals surface area contributed by atoms with Gasteiger partial charge in [0.1, 0.15) is 5.75 Å². The van der Waals surface area contributed by atoms with Crippen LogP contribution in [0.25, 0.3) is 6.08 Å². The van der Waals surface area contributed by atoms with Crippen molar-refractivity contribution in [2.75, 3.05) is 21.3 Å². The third kappa shape index (κ3) is 4.15. The molecule has 0 amide bonds. The van der Waals surface area contributed by atoms with E-state index in [-0.39, 0.29) is 0 Å². The van der Waals surface area contributed by atoms with Gasteiger partial charge in [-0.2, -0.15) is 0 Å². The first-order chi connectivity index (χ1) is 11.6. The third-order valence-corrected chi connectivity index (χ3v) is 4.15. The fourth-order valence-electron chi connectivity index (χ4n) is 2.38. The molecule has 0 heterocycles. The van der Waals surface area contributed by atoms with E-state index in [0.29, 0.717) is 17.2 Å². The van der Waals surface area contributed by atoms with Crippen molar-refractivity contribution < 1.29 is 14.2 Å². The van der Waals surface area contributed by atoms with Gasteiger partial charge in [0.15, 0.2) is 11.5 Å². The van der Waals surface area contributed by atoms with Crippen molar-refractivity contribution in [3.05, 3.63) is 59.2 Å². The number of ether oxygens (including phenoxy) is 3. The predicted molar refractivity (Wildman–Crippen MR) is 103 cm³/mol. The van der Waals surface area contributed by atoms with E-state index >= 15 is 0 Å². The van der Waals surface area contributed by atoms with Crippen LogP contribution in [0.5, 0.6) is 17.2 Å². The van der Waals surface area contributed by atoms with Crippen molar-refractivity contribution in [1.29, 1.82) is 0 Å². The van der Waals surface area contributed by atoms with Gasteiger partial charge in [0.25, 0.3) is 0 Å². The minimum atomic E-state index is 0.620. The van der Waals surface area contributed by atoms with E-state index in [9.17, 15) is 0 Å². The lowest BCUT2D eigenvalue weighted by atomic mass is 10.1. The molecule has 4 heteroatoms. The molecule has 0 bridgehead atoms. The Bertz CT molecular complexity index is 733. The van der Waals surface area contributed by atoms with E-state index in [0.717, 1.165) is 22.4 Å². The zero-order valence-electron chi connectivity index (χ0n) is 14.5. The van der Waals surface area contributed by atoms with E-state index < -0.39 is 0 Å². The molecule has 3 nitrogen and oxygen atoms in total. The molecular formula is C20H22O3S. The predicted octanol–water partition coefficient (Wildman–Crippen LogP) is 4.71. The molecule has 0 N–H and O–H groups in total. The second-order valence-corrected chi connectivity index (χ2v) is 5.64. The topological polar surface area (TPSA) is 27.7 Å². The SMILES string of the molecule is CCc1ccc(C(=S)C=Cc2cc(OC)cc(OC)c2OC)cc1. The highest BCUT2D eigenvalue weighted by atomic mass is 32.1. The molecule has 0 aliphatic carbocycles. The number of allylic oxidation sites excluding steroid dienone is 1. The largest absolute Gasteiger partial charge is 0.497 e. The molecule has 0 saturated heterocycles. The molecule has 0 aliphatic rings. The summed E-state index contributed by atoms with van der Waals surface area (Å²) in [6, 6.07) is 12.0. The van der Waals surface area contributed by atoms with Gasteiger partial charge < -0.3 is 14.2 Å². The molecule has 0 radical (unpaired) electrons. The van der Waals surface area contributed by atoms with Gasteiger partial charge in [-0.3, -0.25) is 0 Å². The molecule has 0 fully saturated rings. The Morgan fingerprint density at radius 3 is 2.25 bits per heavy atom. The zero-order valence-corrected chi connectivity index (χ0v) is 15.3. The first-order valence-corrected chi connectivity index (χ1v) is 8.15.